The molecule has 29 heavy (non-hydrogen) atoms. The molecular weight excluding hydrogens is 368 g/mol. The minimum atomic E-state index is -0.0259. The number of fused-ring (bicyclic) bond motifs is 1. The van der Waals surface area contributed by atoms with E-state index in [0.29, 0.717) is 30.2 Å². The van der Waals surface area contributed by atoms with Crippen LogP contribution in [-0.2, 0) is 6.42 Å². The molecule has 0 saturated carbocycles. The Morgan fingerprint density at radius 3 is 2.86 bits per heavy atom. The third-order valence-electron chi connectivity index (χ3n) is 4.81. The van der Waals surface area contributed by atoms with E-state index in [1.807, 2.05) is 55.5 Å². The van der Waals surface area contributed by atoms with Crippen LogP contribution in [0.15, 0.2) is 53.1 Å². The molecule has 0 fully saturated rings. The lowest BCUT2D eigenvalue weighted by molar-refractivity contribution is 0.0795. The van der Waals surface area contributed by atoms with Crippen LogP contribution in [0.2, 0.25) is 0 Å². The van der Waals surface area contributed by atoms with Crippen molar-refractivity contribution in [2.75, 3.05) is 20.7 Å². The van der Waals surface area contributed by atoms with Gasteiger partial charge in [0.2, 0.25) is 0 Å². The van der Waals surface area contributed by atoms with Crippen LogP contribution in [-0.4, -0.2) is 46.6 Å². The predicted octanol–water partition coefficient (Wildman–Crippen LogP) is 3.85. The standard InChI is InChI=1S/C22H22N4O3/c1-14-5-4-6-16(11-14)22(27)26(2)10-9-20-24-21(29-25-20)19-12-15-7-8-17(28-3)13-18(15)23-19/h4-8,11-13,23H,9-10H2,1-3H3. The minimum Gasteiger partial charge on any atom is -0.497 e. The Hall–Kier alpha value is -3.61. The minimum absolute atomic E-state index is 0.0259. The lowest BCUT2D eigenvalue weighted by atomic mass is 10.1. The lowest BCUT2D eigenvalue weighted by Gasteiger charge is -2.16. The molecule has 0 radical (unpaired) electrons. The molecular formula is C22H22N4O3. The summed E-state index contributed by atoms with van der Waals surface area (Å²) in [6, 6.07) is 15.3. The molecule has 2 aromatic heterocycles. The maximum atomic E-state index is 12.5. The summed E-state index contributed by atoms with van der Waals surface area (Å²) in [6.07, 6.45) is 0.506. The summed E-state index contributed by atoms with van der Waals surface area (Å²) >= 11 is 0. The van der Waals surface area contributed by atoms with Crippen molar-refractivity contribution in [3.05, 3.63) is 65.5 Å². The number of benzene rings is 2. The molecule has 0 spiro atoms. The summed E-state index contributed by atoms with van der Waals surface area (Å²) in [5, 5.41) is 5.08. The molecule has 0 atom stereocenters. The molecule has 4 aromatic rings. The van der Waals surface area contributed by atoms with Crippen LogP contribution < -0.4 is 4.74 Å². The molecule has 0 bridgehead atoms. The van der Waals surface area contributed by atoms with E-state index in [4.69, 9.17) is 9.26 Å². The van der Waals surface area contributed by atoms with Crippen LogP contribution in [0.5, 0.6) is 5.75 Å². The second kappa shape index (κ2) is 7.79. The number of rotatable bonds is 6. The molecule has 0 aliphatic carbocycles. The zero-order chi connectivity index (χ0) is 20.4. The Labute approximate surface area is 168 Å². The average Bonchev–Trinajstić information content (AvgIpc) is 3.37. The average molecular weight is 390 g/mol. The first-order chi connectivity index (χ1) is 14.0. The summed E-state index contributed by atoms with van der Waals surface area (Å²) in [7, 11) is 3.41. The van der Waals surface area contributed by atoms with Crippen LogP contribution in [0.25, 0.3) is 22.5 Å². The Morgan fingerprint density at radius 1 is 1.21 bits per heavy atom. The van der Waals surface area contributed by atoms with E-state index in [-0.39, 0.29) is 5.91 Å². The largest absolute Gasteiger partial charge is 0.497 e. The number of aryl methyl sites for hydroxylation is 1. The van der Waals surface area contributed by atoms with Crippen molar-refractivity contribution in [1.29, 1.82) is 0 Å². The van der Waals surface area contributed by atoms with Gasteiger partial charge in [-0.3, -0.25) is 4.79 Å². The van der Waals surface area contributed by atoms with Crippen molar-refractivity contribution in [2.24, 2.45) is 0 Å². The normalized spacial score (nSPS) is 11.0. The quantitative estimate of drug-likeness (QED) is 0.541. The van der Waals surface area contributed by atoms with Gasteiger partial charge in [0.25, 0.3) is 11.8 Å². The van der Waals surface area contributed by atoms with Crippen molar-refractivity contribution >= 4 is 16.8 Å². The Kier molecular flexibility index (Phi) is 5.03. The molecule has 0 unspecified atom stereocenters. The van der Waals surface area contributed by atoms with Gasteiger partial charge in [-0.05, 0) is 37.3 Å². The highest BCUT2D eigenvalue weighted by Crippen LogP contribution is 2.26. The number of amides is 1. The van der Waals surface area contributed by atoms with Gasteiger partial charge in [0.05, 0.1) is 7.11 Å². The molecule has 7 heteroatoms. The summed E-state index contributed by atoms with van der Waals surface area (Å²) in [5.41, 5.74) is 3.41. The molecule has 0 aliphatic rings. The van der Waals surface area contributed by atoms with Crippen LogP contribution in [0, 0.1) is 6.92 Å². The molecule has 7 nitrogen and oxygen atoms in total. The number of carbonyl (C=O) groups is 1. The molecule has 148 valence electrons. The van der Waals surface area contributed by atoms with E-state index in [1.165, 1.54) is 0 Å². The first-order valence-corrected chi connectivity index (χ1v) is 9.35. The van der Waals surface area contributed by atoms with E-state index in [0.717, 1.165) is 27.9 Å². The van der Waals surface area contributed by atoms with E-state index in [9.17, 15) is 4.79 Å². The molecule has 2 heterocycles. The maximum absolute atomic E-state index is 12.5. The lowest BCUT2D eigenvalue weighted by Crippen LogP contribution is -2.29. The third kappa shape index (κ3) is 3.99. The van der Waals surface area contributed by atoms with Crippen molar-refractivity contribution in [1.82, 2.24) is 20.0 Å². The maximum Gasteiger partial charge on any atom is 0.274 e. The van der Waals surface area contributed by atoms with Crippen LogP contribution in [0.1, 0.15) is 21.7 Å². The highest BCUT2D eigenvalue weighted by Gasteiger charge is 2.15. The van der Waals surface area contributed by atoms with Crippen LogP contribution in [0.4, 0.5) is 0 Å². The van der Waals surface area contributed by atoms with Gasteiger partial charge < -0.3 is 19.1 Å². The number of nitrogens with zero attached hydrogens (tertiary/aromatic N) is 3. The van der Waals surface area contributed by atoms with Gasteiger partial charge in [0.1, 0.15) is 11.4 Å². The van der Waals surface area contributed by atoms with Gasteiger partial charge in [-0.25, -0.2) is 0 Å². The van der Waals surface area contributed by atoms with Crippen molar-refractivity contribution in [2.45, 2.75) is 13.3 Å². The highest BCUT2D eigenvalue weighted by molar-refractivity contribution is 5.94. The summed E-state index contributed by atoms with van der Waals surface area (Å²) < 4.78 is 10.7. The molecule has 0 saturated heterocycles. The van der Waals surface area contributed by atoms with E-state index < -0.39 is 0 Å². The van der Waals surface area contributed by atoms with Crippen molar-refractivity contribution in [3.63, 3.8) is 0 Å². The molecule has 4 rings (SSSR count). The van der Waals surface area contributed by atoms with Crippen molar-refractivity contribution < 1.29 is 14.1 Å². The first-order valence-electron chi connectivity index (χ1n) is 9.35. The monoisotopic (exact) mass is 390 g/mol. The fourth-order valence-electron chi connectivity index (χ4n) is 3.18. The van der Waals surface area contributed by atoms with E-state index in [2.05, 4.69) is 15.1 Å². The van der Waals surface area contributed by atoms with Crippen LogP contribution >= 0.6 is 0 Å². The SMILES string of the molecule is COc1ccc2cc(-c3nc(CCN(C)C(=O)c4cccc(C)c4)no3)[nH]c2c1. The van der Waals surface area contributed by atoms with Crippen molar-refractivity contribution in [3.8, 4) is 17.3 Å². The second-order valence-electron chi connectivity index (χ2n) is 7.00. The second-order valence-corrected chi connectivity index (χ2v) is 7.00. The van der Waals surface area contributed by atoms with Crippen LogP contribution in [0.3, 0.4) is 0 Å². The molecule has 2 aromatic carbocycles. The summed E-state index contributed by atoms with van der Waals surface area (Å²) in [5.74, 6) is 1.73. The fourth-order valence-corrected chi connectivity index (χ4v) is 3.18. The number of hydrogen-bond acceptors (Lipinski definition) is 5. The van der Waals surface area contributed by atoms with Gasteiger partial charge in [-0.1, -0.05) is 22.9 Å². The fraction of sp³-hybridized carbons (Fsp3) is 0.227. The van der Waals surface area contributed by atoms with Gasteiger partial charge in [-0.2, -0.15) is 4.98 Å². The Balaban J connectivity index is 1.43. The van der Waals surface area contributed by atoms with Gasteiger partial charge in [0, 0.05) is 42.5 Å². The number of ether oxygens (including phenoxy) is 1. The number of nitrogens with one attached hydrogen (secondary N) is 1. The number of hydrogen-bond donors (Lipinski definition) is 1. The number of aromatic nitrogens is 3. The Morgan fingerprint density at radius 2 is 2.07 bits per heavy atom. The predicted molar refractivity (Wildman–Crippen MR) is 110 cm³/mol. The first kappa shape index (κ1) is 18.7. The summed E-state index contributed by atoms with van der Waals surface area (Å²) in [4.78, 5) is 21.9. The van der Waals surface area contributed by atoms with E-state index in [1.54, 1.807) is 19.1 Å². The number of H-pyrrole nitrogens is 1. The Bertz CT molecular complexity index is 1160. The number of methoxy groups -OCH3 is 1. The molecule has 0 aliphatic heterocycles. The summed E-state index contributed by atoms with van der Waals surface area (Å²) in [6.45, 7) is 2.47. The van der Waals surface area contributed by atoms with E-state index >= 15 is 0 Å². The number of likely N-dealkylation sites (N-methyl/N-ethyl adjacent to an activating group) is 1. The smallest absolute Gasteiger partial charge is 0.274 e. The topological polar surface area (TPSA) is 84.2 Å². The zero-order valence-corrected chi connectivity index (χ0v) is 16.6. The number of aromatic amines is 1. The molecule has 1 amide bonds. The number of carbonyl (C=O) groups excluding carboxylic acids is 1. The third-order valence-corrected chi connectivity index (χ3v) is 4.81. The van der Waals surface area contributed by atoms with Gasteiger partial charge in [0.15, 0.2) is 5.82 Å². The highest BCUT2D eigenvalue weighted by atomic mass is 16.5. The molecule has 1 N–H and O–H groups in total. The zero-order valence-electron chi connectivity index (χ0n) is 16.6. The van der Waals surface area contributed by atoms with Gasteiger partial charge in [-0.15, -0.1) is 0 Å². The van der Waals surface area contributed by atoms with Gasteiger partial charge >= 0.3 is 0 Å².